The van der Waals surface area contributed by atoms with Crippen LogP contribution in [-0.4, -0.2) is 72.4 Å². The summed E-state index contributed by atoms with van der Waals surface area (Å²) >= 11 is 0. The number of methoxy groups -OCH3 is 1. The van der Waals surface area contributed by atoms with Gasteiger partial charge in [-0.2, -0.15) is 0 Å². The SMILES string of the molecule is CCOC(=O)CC(=O)OCC.CCOC(=O)c1[nH]c(=O)c2ccncc2c1[O-].CC[O-].COC(=O)c1ccncc1N.[Na+].[Na+]. The van der Waals surface area contributed by atoms with Gasteiger partial charge in [0, 0.05) is 24.0 Å². The predicted molar refractivity (Wildman–Crippen MR) is 146 cm³/mol. The maximum absolute atomic E-state index is 11.9. The molecule has 17 heteroatoms. The summed E-state index contributed by atoms with van der Waals surface area (Å²) in [5.74, 6) is -2.92. The minimum Gasteiger partial charge on any atom is -0.870 e. The Labute approximate surface area is 298 Å². The summed E-state index contributed by atoms with van der Waals surface area (Å²) in [4.78, 5) is 64.9. The van der Waals surface area contributed by atoms with Crippen molar-refractivity contribution in [3.05, 3.63) is 58.5 Å². The number of pyridine rings is 3. The quantitative estimate of drug-likeness (QED) is 0.107. The third-order valence-corrected chi connectivity index (χ3v) is 4.41. The maximum Gasteiger partial charge on any atom is 1.00 e. The zero-order chi connectivity index (χ0) is 32.1. The van der Waals surface area contributed by atoms with E-state index < -0.39 is 35.2 Å². The van der Waals surface area contributed by atoms with Gasteiger partial charge in [0.25, 0.3) is 5.56 Å². The molecular weight excluding hydrogens is 602 g/mol. The van der Waals surface area contributed by atoms with Crippen LogP contribution in [0.25, 0.3) is 10.8 Å². The summed E-state index contributed by atoms with van der Waals surface area (Å²) in [7, 11) is 1.31. The molecule has 0 saturated carbocycles. The number of hydrogen-bond acceptors (Lipinski definition) is 14. The fourth-order valence-corrected chi connectivity index (χ4v) is 2.74. The Kier molecular flexibility index (Phi) is 27.2. The molecule has 3 N–H and O–H groups in total. The first-order chi connectivity index (χ1) is 20.0. The van der Waals surface area contributed by atoms with Crippen LogP contribution in [0.5, 0.6) is 5.75 Å². The topological polar surface area (TPSA) is 236 Å². The standard InChI is InChI=1S/C11H10N2O4.C7H8N2O2.C7H12O4.C2H5O.2Na/c1-2-17-11(16)8-9(14)7-5-12-4-3-6(7)10(15)13-8;1-11-7(10)5-2-3-9-4-6(5)8;1-3-10-6(8)5-7(9)11-4-2;1-2-3;;/h3-5,14H,2H2,1H3,(H,13,15);2-4H,8H2,1H3;3-5H2,1-2H3;2H2,1H3;;/q;;;-1;2*+1/p-1. The molecule has 230 valence electrons. The zero-order valence-electron chi connectivity index (χ0n) is 26.0. The molecule has 0 aliphatic carbocycles. The van der Waals surface area contributed by atoms with Crippen molar-refractivity contribution in [1.29, 1.82) is 0 Å². The van der Waals surface area contributed by atoms with Crippen molar-refractivity contribution < 1.29 is 107 Å². The van der Waals surface area contributed by atoms with Gasteiger partial charge in [0.1, 0.15) is 12.1 Å². The van der Waals surface area contributed by atoms with Crippen LogP contribution in [-0.2, 0) is 28.5 Å². The summed E-state index contributed by atoms with van der Waals surface area (Å²) in [6, 6.07) is 2.94. The van der Waals surface area contributed by atoms with Gasteiger partial charge in [0.05, 0.1) is 44.4 Å². The van der Waals surface area contributed by atoms with E-state index in [-0.39, 0.29) is 108 Å². The first kappa shape index (κ1) is 45.4. The molecule has 15 nitrogen and oxygen atoms in total. The van der Waals surface area contributed by atoms with Crippen molar-refractivity contribution >= 4 is 40.3 Å². The summed E-state index contributed by atoms with van der Waals surface area (Å²) in [6.45, 7) is 7.26. The van der Waals surface area contributed by atoms with Gasteiger partial charge >= 0.3 is 83.0 Å². The number of nitrogens with one attached hydrogen (secondary N) is 1. The number of ether oxygens (including phenoxy) is 4. The van der Waals surface area contributed by atoms with Crippen molar-refractivity contribution in [2.45, 2.75) is 34.1 Å². The van der Waals surface area contributed by atoms with Gasteiger partial charge < -0.3 is 39.9 Å². The van der Waals surface area contributed by atoms with Gasteiger partial charge in [0.2, 0.25) is 0 Å². The number of esters is 4. The number of nitrogen functional groups attached to an aromatic ring is 1. The van der Waals surface area contributed by atoms with Gasteiger partial charge in [-0.3, -0.25) is 24.4 Å². The largest absolute Gasteiger partial charge is 1.00 e. The van der Waals surface area contributed by atoms with E-state index in [4.69, 9.17) is 10.8 Å². The molecule has 0 spiro atoms. The number of aromatic nitrogens is 3. The van der Waals surface area contributed by atoms with Crippen molar-refractivity contribution in [3.63, 3.8) is 0 Å². The molecule has 0 aliphatic heterocycles. The molecule has 3 aromatic rings. The Morgan fingerprint density at radius 3 is 1.82 bits per heavy atom. The number of aromatic amines is 1. The van der Waals surface area contributed by atoms with Crippen LogP contribution in [0.1, 0.15) is 55.0 Å². The van der Waals surface area contributed by atoms with E-state index in [1.807, 2.05) is 0 Å². The van der Waals surface area contributed by atoms with Gasteiger partial charge in [-0.25, -0.2) is 9.59 Å². The van der Waals surface area contributed by atoms with E-state index in [0.717, 1.165) is 0 Å². The molecule has 0 saturated heterocycles. The average molecular weight is 637 g/mol. The summed E-state index contributed by atoms with van der Waals surface area (Å²) in [5.41, 5.74) is 5.24. The number of carbonyl (C=O) groups excluding carboxylic acids is 4. The molecule has 0 amide bonds. The Balaban J connectivity index is -0.000000554. The van der Waals surface area contributed by atoms with Crippen LogP contribution in [0.3, 0.4) is 0 Å². The third kappa shape index (κ3) is 16.7. The van der Waals surface area contributed by atoms with E-state index in [1.165, 1.54) is 44.0 Å². The second kappa shape index (κ2) is 26.4. The minimum absolute atomic E-state index is 0. The number of fused-ring (bicyclic) bond motifs is 1. The van der Waals surface area contributed by atoms with Crippen LogP contribution in [0.15, 0.2) is 41.7 Å². The van der Waals surface area contributed by atoms with Crippen LogP contribution >= 0.6 is 0 Å². The molecule has 3 aromatic heterocycles. The fourth-order valence-electron chi connectivity index (χ4n) is 2.74. The van der Waals surface area contributed by atoms with Crippen LogP contribution in [0, 0.1) is 0 Å². The molecule has 0 radical (unpaired) electrons. The van der Waals surface area contributed by atoms with Crippen molar-refractivity contribution in [2.24, 2.45) is 0 Å². The summed E-state index contributed by atoms with van der Waals surface area (Å²) in [5, 5.41) is 21.1. The smallest absolute Gasteiger partial charge is 0.870 e. The Hall–Kier alpha value is -3.05. The normalized spacial score (nSPS) is 8.95. The number of rotatable bonds is 7. The third-order valence-electron chi connectivity index (χ3n) is 4.41. The van der Waals surface area contributed by atoms with E-state index in [0.29, 0.717) is 11.3 Å². The van der Waals surface area contributed by atoms with Crippen LogP contribution in [0.2, 0.25) is 0 Å². The molecular formula is C27H34N4Na2O11. The zero-order valence-corrected chi connectivity index (χ0v) is 30.0. The molecule has 0 aliphatic rings. The predicted octanol–water partition coefficient (Wildman–Crippen LogP) is -5.50. The molecule has 44 heavy (non-hydrogen) atoms. The monoisotopic (exact) mass is 636 g/mol. The second-order valence-electron chi connectivity index (χ2n) is 7.33. The first-order valence-corrected chi connectivity index (χ1v) is 12.5. The van der Waals surface area contributed by atoms with Gasteiger partial charge in [-0.05, 0) is 38.3 Å². The van der Waals surface area contributed by atoms with Gasteiger partial charge in [0.15, 0.2) is 0 Å². The molecule has 0 bridgehead atoms. The van der Waals surface area contributed by atoms with Gasteiger partial charge in [-0.15, -0.1) is 6.61 Å². The second-order valence-corrected chi connectivity index (χ2v) is 7.33. The summed E-state index contributed by atoms with van der Waals surface area (Å²) < 4.78 is 18.2. The molecule has 3 heterocycles. The fraction of sp³-hybridized carbons (Fsp3) is 0.370. The van der Waals surface area contributed by atoms with Crippen LogP contribution < -0.4 is 80.6 Å². The molecule has 0 aromatic carbocycles. The molecule has 0 unspecified atom stereocenters. The average Bonchev–Trinajstić information content (AvgIpc) is 2.96. The maximum atomic E-state index is 11.9. The Morgan fingerprint density at radius 1 is 0.841 bits per heavy atom. The number of anilines is 1. The number of nitrogens with zero attached hydrogens (tertiary/aromatic N) is 2. The Morgan fingerprint density at radius 2 is 1.34 bits per heavy atom. The number of carbonyl (C=O) groups is 4. The number of H-pyrrole nitrogens is 1. The van der Waals surface area contributed by atoms with Crippen LogP contribution in [0.4, 0.5) is 5.69 Å². The van der Waals surface area contributed by atoms with Crippen molar-refractivity contribution in [3.8, 4) is 5.75 Å². The van der Waals surface area contributed by atoms with E-state index >= 15 is 0 Å². The molecule has 0 fully saturated rings. The van der Waals surface area contributed by atoms with E-state index in [1.54, 1.807) is 27.7 Å². The molecule has 0 atom stereocenters. The van der Waals surface area contributed by atoms with Crippen molar-refractivity contribution in [2.75, 3.05) is 39.3 Å². The van der Waals surface area contributed by atoms with E-state index in [2.05, 4.69) is 33.9 Å². The van der Waals surface area contributed by atoms with Gasteiger partial charge in [-0.1, -0.05) is 12.7 Å². The molecule has 3 rings (SSSR count). The first-order valence-electron chi connectivity index (χ1n) is 12.5. The summed E-state index contributed by atoms with van der Waals surface area (Å²) in [6.07, 6.45) is 5.27. The number of nitrogens with two attached hydrogens (primary N) is 1. The Bertz CT molecular complexity index is 1360. The minimum atomic E-state index is -0.833. The number of hydrogen-bond donors (Lipinski definition) is 2. The van der Waals surface area contributed by atoms with Crippen molar-refractivity contribution in [1.82, 2.24) is 15.0 Å². The van der Waals surface area contributed by atoms with E-state index in [9.17, 15) is 29.1 Å².